The van der Waals surface area contributed by atoms with Crippen molar-refractivity contribution in [3.8, 4) is 5.75 Å². The molecule has 1 aromatic rings. The van der Waals surface area contributed by atoms with Crippen molar-refractivity contribution in [2.45, 2.75) is 13.3 Å². The average Bonchev–Trinajstić information content (AvgIpc) is 2.30. The fourth-order valence-corrected chi connectivity index (χ4v) is 1.61. The number of hydrogen-bond donors (Lipinski definition) is 1. The predicted octanol–water partition coefficient (Wildman–Crippen LogP) is -2.21. The molecule has 20 heavy (non-hydrogen) atoms. The van der Waals surface area contributed by atoms with E-state index in [0.29, 0.717) is 12.2 Å². The van der Waals surface area contributed by atoms with E-state index in [1.807, 2.05) is 0 Å². The molecule has 1 aromatic carbocycles. The number of rotatable bonds is 6. The van der Waals surface area contributed by atoms with E-state index in [1.54, 1.807) is 24.3 Å². The van der Waals surface area contributed by atoms with Crippen LogP contribution in [0.3, 0.4) is 0 Å². The first-order chi connectivity index (χ1) is 8.97. The van der Waals surface area contributed by atoms with Gasteiger partial charge in [-0.05, 0) is 24.6 Å². The van der Waals surface area contributed by atoms with Crippen LogP contribution >= 0.6 is 0 Å². The summed E-state index contributed by atoms with van der Waals surface area (Å²) in [5, 5.41) is 2.30. The molecule has 0 spiro atoms. The maximum absolute atomic E-state index is 11.3. The number of carbonyl (C=O) groups excluding carboxylic acids is 2. The standard InChI is InChI=1S/C12H15NO5S.Na/c1-9(14)8-10-2-4-11(5-3-10)18-12(15)13-6-7-19(16)17;/h2-5H,6-8H2,1H3,(H,13,15)(H,16,17);/q;+1/p-1. The second kappa shape index (κ2) is 10.1. The summed E-state index contributed by atoms with van der Waals surface area (Å²) >= 11 is -2.19. The van der Waals surface area contributed by atoms with Gasteiger partial charge in [-0.2, -0.15) is 0 Å². The van der Waals surface area contributed by atoms with E-state index in [-0.39, 0.29) is 47.6 Å². The second-order valence-corrected chi connectivity index (χ2v) is 4.86. The third-order valence-electron chi connectivity index (χ3n) is 2.13. The maximum Gasteiger partial charge on any atom is 1.00 e. The molecular weight excluding hydrogens is 293 g/mol. The molecule has 1 rings (SSSR count). The van der Waals surface area contributed by atoms with Crippen molar-refractivity contribution in [2.24, 2.45) is 0 Å². The van der Waals surface area contributed by atoms with E-state index >= 15 is 0 Å². The molecule has 8 heteroatoms. The van der Waals surface area contributed by atoms with Crippen LogP contribution in [0.2, 0.25) is 0 Å². The van der Waals surface area contributed by atoms with Crippen molar-refractivity contribution < 1.29 is 52.6 Å². The van der Waals surface area contributed by atoms with Crippen LogP contribution in [-0.4, -0.2) is 32.9 Å². The number of benzene rings is 1. The zero-order valence-electron chi connectivity index (χ0n) is 11.4. The summed E-state index contributed by atoms with van der Waals surface area (Å²) < 4.78 is 25.4. The van der Waals surface area contributed by atoms with Crippen molar-refractivity contribution >= 4 is 23.0 Å². The molecule has 0 aliphatic carbocycles. The van der Waals surface area contributed by atoms with Crippen LogP contribution in [0, 0.1) is 0 Å². The summed E-state index contributed by atoms with van der Waals surface area (Å²) in [7, 11) is 0. The summed E-state index contributed by atoms with van der Waals surface area (Å²) in [6.45, 7) is 1.50. The summed E-state index contributed by atoms with van der Waals surface area (Å²) in [5.74, 6) is 0.220. The minimum absolute atomic E-state index is 0. The number of amides is 1. The van der Waals surface area contributed by atoms with E-state index < -0.39 is 17.2 Å². The molecule has 1 N–H and O–H groups in total. The topological polar surface area (TPSA) is 95.5 Å². The van der Waals surface area contributed by atoms with Gasteiger partial charge in [0.05, 0.1) is 0 Å². The first-order valence-electron chi connectivity index (χ1n) is 5.57. The summed E-state index contributed by atoms with van der Waals surface area (Å²) in [6, 6.07) is 6.53. The van der Waals surface area contributed by atoms with Crippen LogP contribution in [0.15, 0.2) is 24.3 Å². The van der Waals surface area contributed by atoms with Crippen LogP contribution in [-0.2, 0) is 22.3 Å². The van der Waals surface area contributed by atoms with Crippen LogP contribution in [0.1, 0.15) is 12.5 Å². The molecule has 0 aliphatic heterocycles. The Kier molecular flexibility index (Phi) is 9.70. The molecule has 0 bridgehead atoms. The largest absolute Gasteiger partial charge is 1.00 e. The fraction of sp³-hybridized carbons (Fsp3) is 0.333. The molecule has 0 heterocycles. The van der Waals surface area contributed by atoms with Gasteiger partial charge >= 0.3 is 35.7 Å². The van der Waals surface area contributed by atoms with Crippen LogP contribution in [0.5, 0.6) is 5.75 Å². The van der Waals surface area contributed by atoms with Crippen LogP contribution in [0.4, 0.5) is 4.79 Å². The zero-order chi connectivity index (χ0) is 14.3. The average molecular weight is 307 g/mol. The van der Waals surface area contributed by atoms with Gasteiger partial charge < -0.3 is 14.6 Å². The predicted molar refractivity (Wildman–Crippen MR) is 68.6 cm³/mol. The van der Waals surface area contributed by atoms with E-state index in [1.165, 1.54) is 6.92 Å². The molecule has 6 nitrogen and oxygen atoms in total. The summed E-state index contributed by atoms with van der Waals surface area (Å²) in [5.41, 5.74) is 0.835. The minimum Gasteiger partial charge on any atom is -0.772 e. The normalized spacial score (nSPS) is 11.1. The Morgan fingerprint density at radius 3 is 2.40 bits per heavy atom. The van der Waals surface area contributed by atoms with Gasteiger partial charge in [-0.25, -0.2) is 4.79 Å². The number of ketones is 1. The minimum atomic E-state index is -2.19. The Morgan fingerprint density at radius 2 is 1.90 bits per heavy atom. The second-order valence-electron chi connectivity index (χ2n) is 3.85. The van der Waals surface area contributed by atoms with Crippen molar-refractivity contribution in [3.05, 3.63) is 29.8 Å². The molecule has 0 saturated heterocycles. The number of ether oxygens (including phenoxy) is 1. The molecule has 104 valence electrons. The Bertz CT molecular complexity index is 477. The quantitative estimate of drug-likeness (QED) is 0.475. The molecule has 0 saturated carbocycles. The number of carbonyl (C=O) groups is 2. The molecule has 0 aromatic heterocycles. The van der Waals surface area contributed by atoms with Gasteiger partial charge in [0.25, 0.3) is 0 Å². The van der Waals surface area contributed by atoms with Crippen molar-refractivity contribution in [2.75, 3.05) is 12.3 Å². The van der Waals surface area contributed by atoms with Crippen molar-refractivity contribution in [1.82, 2.24) is 5.32 Å². The molecule has 1 amide bonds. The van der Waals surface area contributed by atoms with E-state index in [0.717, 1.165) is 5.56 Å². The number of nitrogens with one attached hydrogen (secondary N) is 1. The van der Waals surface area contributed by atoms with Gasteiger partial charge in [0.2, 0.25) is 0 Å². The van der Waals surface area contributed by atoms with Gasteiger partial charge in [-0.3, -0.25) is 9.00 Å². The van der Waals surface area contributed by atoms with Crippen LogP contribution in [0.25, 0.3) is 0 Å². The SMILES string of the molecule is CC(=O)Cc1ccc(OC(=O)NCCS(=O)[O-])cc1.[Na+]. The Labute approximate surface area is 141 Å². The third kappa shape index (κ3) is 8.44. The van der Waals surface area contributed by atoms with Gasteiger partial charge in [0.15, 0.2) is 0 Å². The Morgan fingerprint density at radius 1 is 1.30 bits per heavy atom. The van der Waals surface area contributed by atoms with Crippen LogP contribution < -0.4 is 39.6 Å². The summed E-state index contributed by atoms with van der Waals surface area (Å²) in [4.78, 5) is 22.2. The monoisotopic (exact) mass is 307 g/mol. The van der Waals surface area contributed by atoms with E-state index in [2.05, 4.69) is 5.32 Å². The van der Waals surface area contributed by atoms with Gasteiger partial charge in [-0.15, -0.1) is 0 Å². The maximum atomic E-state index is 11.3. The Balaban J connectivity index is 0.00000361. The van der Waals surface area contributed by atoms with E-state index in [9.17, 15) is 18.4 Å². The molecule has 0 fully saturated rings. The first-order valence-corrected chi connectivity index (χ1v) is 6.81. The van der Waals surface area contributed by atoms with Gasteiger partial charge in [0.1, 0.15) is 11.5 Å². The van der Waals surface area contributed by atoms with Gasteiger partial charge in [0, 0.05) is 18.7 Å². The summed E-state index contributed by atoms with van der Waals surface area (Å²) in [6.07, 6.45) is -0.383. The molecule has 1 unspecified atom stereocenters. The van der Waals surface area contributed by atoms with Crippen molar-refractivity contribution in [3.63, 3.8) is 0 Å². The third-order valence-corrected chi connectivity index (χ3v) is 2.66. The fourth-order valence-electron chi connectivity index (χ4n) is 1.34. The molecule has 1 atom stereocenters. The van der Waals surface area contributed by atoms with E-state index in [4.69, 9.17) is 4.74 Å². The zero-order valence-corrected chi connectivity index (χ0v) is 14.2. The Hall–Kier alpha value is -0.730. The molecule has 0 radical (unpaired) electrons. The smallest absolute Gasteiger partial charge is 0.772 e. The number of Topliss-reactive ketones (excluding diaryl/α,β-unsaturated/α-hetero) is 1. The molecule has 0 aliphatic rings. The first kappa shape index (κ1) is 19.3. The van der Waals surface area contributed by atoms with Gasteiger partial charge in [-0.1, -0.05) is 23.2 Å². The van der Waals surface area contributed by atoms with Crippen molar-refractivity contribution in [1.29, 1.82) is 0 Å². The number of hydrogen-bond acceptors (Lipinski definition) is 5. The molecular formula is C12H14NNaO5S.